The number of hydrogen-bond donors (Lipinski definition) is 2. The lowest BCUT2D eigenvalue weighted by Crippen LogP contribution is -2.29. The second-order valence-electron chi connectivity index (χ2n) is 5.55. The Morgan fingerprint density at radius 2 is 1.84 bits per heavy atom. The van der Waals surface area contributed by atoms with Crippen molar-refractivity contribution in [2.75, 3.05) is 37.4 Å². The molecule has 0 radical (unpaired) electrons. The summed E-state index contributed by atoms with van der Waals surface area (Å²) in [7, 11) is 0.154. The summed E-state index contributed by atoms with van der Waals surface area (Å²) in [6.07, 6.45) is 0. The number of hydrogen-bond acceptors (Lipinski definition) is 7. The van der Waals surface area contributed by atoms with Gasteiger partial charge in [-0.25, -0.2) is 18.1 Å². The van der Waals surface area contributed by atoms with E-state index in [2.05, 4.69) is 20.0 Å². The van der Waals surface area contributed by atoms with Gasteiger partial charge in [-0.3, -0.25) is 0 Å². The van der Waals surface area contributed by atoms with E-state index in [9.17, 15) is 8.42 Å². The summed E-state index contributed by atoms with van der Waals surface area (Å²) in [5, 5.41) is 11.8. The fraction of sp³-hybridized carbons (Fsp3) is 0.312. The number of nitrogens with zero attached hydrogens (tertiary/aromatic N) is 4. The number of rotatable bonds is 7. The summed E-state index contributed by atoms with van der Waals surface area (Å²) in [6, 6.07) is 9.56. The Bertz CT molecular complexity index is 872. The smallest absolute Gasteiger partial charge is 0.240 e. The van der Waals surface area contributed by atoms with Crippen molar-refractivity contribution < 1.29 is 8.42 Å². The number of nitriles is 1. The molecular formula is C16H20N6O2S. The SMILES string of the molecule is Cc1cc(N(C)C)nc(NCCNS(=O)(=O)c2ccc(C#N)cc2)n1. The Balaban J connectivity index is 1.93. The van der Waals surface area contributed by atoms with E-state index in [-0.39, 0.29) is 11.4 Å². The highest BCUT2D eigenvalue weighted by Crippen LogP contribution is 2.12. The van der Waals surface area contributed by atoms with Crippen LogP contribution < -0.4 is 14.9 Å². The van der Waals surface area contributed by atoms with Crippen molar-refractivity contribution >= 4 is 21.8 Å². The van der Waals surface area contributed by atoms with Crippen molar-refractivity contribution in [2.24, 2.45) is 0 Å². The van der Waals surface area contributed by atoms with E-state index >= 15 is 0 Å². The maximum absolute atomic E-state index is 12.2. The van der Waals surface area contributed by atoms with Crippen LogP contribution >= 0.6 is 0 Å². The zero-order valence-corrected chi connectivity index (χ0v) is 15.1. The number of anilines is 2. The van der Waals surface area contributed by atoms with Crippen molar-refractivity contribution in [3.63, 3.8) is 0 Å². The van der Waals surface area contributed by atoms with Crippen LogP contribution in [0.25, 0.3) is 0 Å². The van der Waals surface area contributed by atoms with Crippen molar-refractivity contribution in [1.82, 2.24) is 14.7 Å². The number of aromatic nitrogens is 2. The molecule has 0 atom stereocenters. The van der Waals surface area contributed by atoms with Crippen LogP contribution in [0.4, 0.5) is 11.8 Å². The van der Waals surface area contributed by atoms with Gasteiger partial charge in [-0.05, 0) is 31.2 Å². The summed E-state index contributed by atoms with van der Waals surface area (Å²) in [5.74, 6) is 1.22. The van der Waals surface area contributed by atoms with Crippen LogP contribution in [-0.2, 0) is 10.0 Å². The average Bonchev–Trinajstić information content (AvgIpc) is 2.58. The molecule has 0 amide bonds. The first-order valence-electron chi connectivity index (χ1n) is 7.58. The van der Waals surface area contributed by atoms with Gasteiger partial charge in [-0.15, -0.1) is 0 Å². The Labute approximate surface area is 147 Å². The molecule has 9 heteroatoms. The third kappa shape index (κ3) is 5.14. The Morgan fingerprint density at radius 3 is 2.44 bits per heavy atom. The minimum atomic E-state index is -3.62. The number of nitrogens with one attached hydrogen (secondary N) is 2. The molecule has 2 aromatic rings. The molecule has 2 N–H and O–H groups in total. The van der Waals surface area contributed by atoms with E-state index < -0.39 is 10.0 Å². The monoisotopic (exact) mass is 360 g/mol. The van der Waals surface area contributed by atoms with Crippen LogP contribution in [0.1, 0.15) is 11.3 Å². The normalized spacial score (nSPS) is 11.0. The summed E-state index contributed by atoms with van der Waals surface area (Å²) >= 11 is 0. The largest absolute Gasteiger partial charge is 0.363 e. The highest BCUT2D eigenvalue weighted by molar-refractivity contribution is 7.89. The summed E-state index contributed by atoms with van der Waals surface area (Å²) < 4.78 is 26.9. The van der Waals surface area contributed by atoms with Crippen molar-refractivity contribution in [3.05, 3.63) is 41.6 Å². The molecule has 0 aliphatic rings. The highest BCUT2D eigenvalue weighted by Gasteiger charge is 2.13. The van der Waals surface area contributed by atoms with E-state index in [1.165, 1.54) is 24.3 Å². The van der Waals surface area contributed by atoms with E-state index in [1.807, 2.05) is 38.1 Å². The third-order valence-corrected chi connectivity index (χ3v) is 4.77. The Kier molecular flexibility index (Phi) is 5.90. The summed E-state index contributed by atoms with van der Waals surface area (Å²) in [5.41, 5.74) is 1.23. The molecule has 0 saturated heterocycles. The molecule has 132 valence electrons. The molecule has 0 aliphatic carbocycles. The number of aryl methyl sites for hydroxylation is 1. The molecule has 0 bridgehead atoms. The Morgan fingerprint density at radius 1 is 1.16 bits per heavy atom. The summed E-state index contributed by atoms with van der Waals surface area (Å²) in [6.45, 7) is 2.39. The first kappa shape index (κ1) is 18.6. The fourth-order valence-electron chi connectivity index (χ4n) is 2.01. The molecule has 25 heavy (non-hydrogen) atoms. The molecule has 1 heterocycles. The van der Waals surface area contributed by atoms with Gasteiger partial charge >= 0.3 is 0 Å². The number of sulfonamides is 1. The second-order valence-corrected chi connectivity index (χ2v) is 7.31. The van der Waals surface area contributed by atoms with Crippen molar-refractivity contribution in [2.45, 2.75) is 11.8 Å². The zero-order valence-electron chi connectivity index (χ0n) is 14.3. The van der Waals surface area contributed by atoms with Crippen LogP contribution in [0.2, 0.25) is 0 Å². The minimum Gasteiger partial charge on any atom is -0.363 e. The van der Waals surface area contributed by atoms with Crippen LogP contribution in [0, 0.1) is 18.3 Å². The van der Waals surface area contributed by atoms with Gasteiger partial charge in [0.1, 0.15) is 5.82 Å². The molecular weight excluding hydrogens is 340 g/mol. The van der Waals surface area contributed by atoms with E-state index in [1.54, 1.807) is 0 Å². The van der Waals surface area contributed by atoms with E-state index in [4.69, 9.17) is 5.26 Å². The first-order valence-corrected chi connectivity index (χ1v) is 9.07. The molecule has 1 aromatic heterocycles. The van der Waals surface area contributed by atoms with Crippen LogP contribution in [0.5, 0.6) is 0 Å². The molecule has 1 aromatic carbocycles. The lowest BCUT2D eigenvalue weighted by Gasteiger charge is -2.14. The van der Waals surface area contributed by atoms with Crippen molar-refractivity contribution in [3.8, 4) is 6.07 Å². The van der Waals surface area contributed by atoms with Crippen LogP contribution in [0.3, 0.4) is 0 Å². The molecule has 0 aliphatic heterocycles. The predicted molar refractivity (Wildman–Crippen MR) is 95.9 cm³/mol. The molecule has 0 spiro atoms. The van der Waals surface area contributed by atoms with Crippen LogP contribution in [0.15, 0.2) is 35.2 Å². The fourth-order valence-corrected chi connectivity index (χ4v) is 3.04. The maximum Gasteiger partial charge on any atom is 0.240 e. The Hall–Kier alpha value is -2.70. The van der Waals surface area contributed by atoms with Gasteiger partial charge in [0, 0.05) is 38.9 Å². The minimum absolute atomic E-state index is 0.119. The van der Waals surface area contributed by atoms with E-state index in [0.29, 0.717) is 18.1 Å². The molecule has 2 rings (SSSR count). The topological polar surface area (TPSA) is 111 Å². The number of benzene rings is 1. The standard InChI is InChI=1S/C16H20N6O2S/c1-12-10-15(22(2)3)21-16(20-12)18-8-9-19-25(23,24)14-6-4-13(11-17)5-7-14/h4-7,10,19H,8-9H2,1-3H3,(H,18,20,21). The van der Waals surface area contributed by atoms with Gasteiger partial charge in [-0.1, -0.05) is 0 Å². The van der Waals surface area contributed by atoms with Gasteiger partial charge in [0.15, 0.2) is 0 Å². The maximum atomic E-state index is 12.2. The lowest BCUT2D eigenvalue weighted by atomic mass is 10.2. The third-order valence-electron chi connectivity index (χ3n) is 3.29. The van der Waals surface area contributed by atoms with Gasteiger partial charge in [0.2, 0.25) is 16.0 Å². The van der Waals surface area contributed by atoms with Crippen LogP contribution in [-0.4, -0.2) is 45.6 Å². The highest BCUT2D eigenvalue weighted by atomic mass is 32.2. The van der Waals surface area contributed by atoms with Gasteiger partial charge in [-0.2, -0.15) is 10.2 Å². The van der Waals surface area contributed by atoms with Gasteiger partial charge < -0.3 is 10.2 Å². The molecule has 0 fully saturated rings. The van der Waals surface area contributed by atoms with E-state index in [0.717, 1.165) is 11.5 Å². The molecule has 8 nitrogen and oxygen atoms in total. The van der Waals surface area contributed by atoms with Gasteiger partial charge in [0.25, 0.3) is 0 Å². The molecule has 0 unspecified atom stereocenters. The average molecular weight is 360 g/mol. The first-order chi connectivity index (χ1) is 11.8. The zero-order chi connectivity index (χ0) is 18.4. The van der Waals surface area contributed by atoms with Crippen molar-refractivity contribution in [1.29, 1.82) is 5.26 Å². The van der Waals surface area contributed by atoms with Gasteiger partial charge in [0.05, 0.1) is 16.5 Å². The predicted octanol–water partition coefficient (Wildman–Crippen LogP) is 1.11. The lowest BCUT2D eigenvalue weighted by molar-refractivity contribution is 0.583. The second kappa shape index (κ2) is 7.92. The molecule has 0 saturated carbocycles. The summed E-state index contributed by atoms with van der Waals surface area (Å²) in [4.78, 5) is 10.6. The quantitative estimate of drug-likeness (QED) is 0.712.